The fraction of sp³-hybridized carbons (Fsp3) is 0.917. The third-order valence-corrected chi connectivity index (χ3v) is 3.56. The first-order valence-electron chi connectivity index (χ1n) is 6.38. The minimum atomic E-state index is 0.679. The molecule has 15 heavy (non-hydrogen) atoms. The summed E-state index contributed by atoms with van der Waals surface area (Å²) in [4.78, 5) is 6.79. The summed E-state index contributed by atoms with van der Waals surface area (Å²) in [7, 11) is 1.91. The summed E-state index contributed by atoms with van der Waals surface area (Å²) in [6.45, 7) is 2.37. The highest BCUT2D eigenvalue weighted by Crippen LogP contribution is 2.18. The number of rotatable bonds is 1. The van der Waals surface area contributed by atoms with Gasteiger partial charge in [-0.1, -0.05) is 19.3 Å². The first-order valence-corrected chi connectivity index (χ1v) is 6.38. The molecule has 0 aromatic carbocycles. The molecule has 0 aromatic heterocycles. The fourth-order valence-electron chi connectivity index (χ4n) is 2.66. The van der Waals surface area contributed by atoms with Crippen molar-refractivity contribution in [2.24, 2.45) is 4.99 Å². The van der Waals surface area contributed by atoms with Crippen LogP contribution in [0.4, 0.5) is 0 Å². The molecule has 0 amide bonds. The Balaban J connectivity index is 1.84. The van der Waals surface area contributed by atoms with Crippen molar-refractivity contribution < 1.29 is 0 Å². The molecule has 2 fully saturated rings. The van der Waals surface area contributed by atoms with Crippen molar-refractivity contribution in [1.29, 1.82) is 0 Å². The lowest BCUT2D eigenvalue weighted by atomic mass is 9.96. The molecule has 0 unspecified atom stereocenters. The summed E-state index contributed by atoms with van der Waals surface area (Å²) >= 11 is 0. The van der Waals surface area contributed by atoms with E-state index in [0.717, 1.165) is 5.96 Å². The van der Waals surface area contributed by atoms with Crippen LogP contribution in [0.2, 0.25) is 0 Å². The molecule has 0 bridgehead atoms. The Bertz CT molecular complexity index is 213. The predicted octanol–water partition coefficient (Wildman–Crippen LogP) is 1.99. The molecule has 3 nitrogen and oxygen atoms in total. The highest BCUT2D eigenvalue weighted by molar-refractivity contribution is 5.80. The van der Waals surface area contributed by atoms with Gasteiger partial charge in [-0.2, -0.15) is 0 Å². The first kappa shape index (κ1) is 10.8. The minimum Gasteiger partial charge on any atom is -0.354 e. The van der Waals surface area contributed by atoms with Crippen LogP contribution >= 0.6 is 0 Å². The molecule has 0 radical (unpaired) electrons. The van der Waals surface area contributed by atoms with Crippen LogP contribution in [0.1, 0.15) is 44.9 Å². The zero-order valence-corrected chi connectivity index (χ0v) is 9.84. The molecule has 1 saturated heterocycles. The van der Waals surface area contributed by atoms with Gasteiger partial charge in [-0.05, 0) is 25.7 Å². The van der Waals surface area contributed by atoms with Crippen LogP contribution in [0.15, 0.2) is 4.99 Å². The lowest BCUT2D eigenvalue weighted by Gasteiger charge is -2.28. The molecule has 0 spiro atoms. The summed E-state index contributed by atoms with van der Waals surface area (Å²) in [6.07, 6.45) is 9.49. The zero-order chi connectivity index (χ0) is 10.5. The van der Waals surface area contributed by atoms with E-state index in [9.17, 15) is 0 Å². The second-order valence-electron chi connectivity index (χ2n) is 4.72. The number of likely N-dealkylation sites (tertiary alicyclic amines) is 1. The van der Waals surface area contributed by atoms with Crippen LogP contribution in [-0.4, -0.2) is 37.0 Å². The average molecular weight is 209 g/mol. The number of guanidine groups is 1. The van der Waals surface area contributed by atoms with Crippen LogP contribution in [0.5, 0.6) is 0 Å². The molecule has 0 aromatic rings. The molecule has 2 aliphatic rings. The summed E-state index contributed by atoms with van der Waals surface area (Å²) < 4.78 is 0. The molecular weight excluding hydrogens is 186 g/mol. The summed E-state index contributed by atoms with van der Waals surface area (Å²) in [5.41, 5.74) is 0. The van der Waals surface area contributed by atoms with E-state index in [-0.39, 0.29) is 0 Å². The lowest BCUT2D eigenvalue weighted by molar-refractivity contribution is 0.390. The molecule has 0 atom stereocenters. The van der Waals surface area contributed by atoms with Crippen molar-refractivity contribution >= 4 is 5.96 Å². The number of aliphatic imine (C=N–C) groups is 1. The van der Waals surface area contributed by atoms with E-state index in [1.165, 1.54) is 58.0 Å². The van der Waals surface area contributed by atoms with E-state index in [1.54, 1.807) is 0 Å². The van der Waals surface area contributed by atoms with Crippen molar-refractivity contribution in [3.05, 3.63) is 0 Å². The molecule has 1 saturated carbocycles. The second-order valence-corrected chi connectivity index (χ2v) is 4.72. The van der Waals surface area contributed by atoms with Gasteiger partial charge in [0.25, 0.3) is 0 Å². The van der Waals surface area contributed by atoms with E-state index in [4.69, 9.17) is 0 Å². The molecular formula is C12H23N3. The second kappa shape index (κ2) is 5.38. The monoisotopic (exact) mass is 209 g/mol. The van der Waals surface area contributed by atoms with Crippen molar-refractivity contribution in [3.8, 4) is 0 Å². The van der Waals surface area contributed by atoms with Crippen LogP contribution < -0.4 is 5.32 Å². The van der Waals surface area contributed by atoms with Crippen LogP contribution in [0.3, 0.4) is 0 Å². The SMILES string of the molecule is CN=C(NC1CCCCC1)N1CCCC1. The maximum absolute atomic E-state index is 4.40. The Morgan fingerprint density at radius 2 is 1.73 bits per heavy atom. The Labute approximate surface area is 92.9 Å². The van der Waals surface area contributed by atoms with E-state index in [0.29, 0.717) is 6.04 Å². The van der Waals surface area contributed by atoms with E-state index < -0.39 is 0 Å². The third kappa shape index (κ3) is 2.86. The topological polar surface area (TPSA) is 27.6 Å². The zero-order valence-electron chi connectivity index (χ0n) is 9.84. The third-order valence-electron chi connectivity index (χ3n) is 3.56. The number of nitrogens with zero attached hydrogens (tertiary/aromatic N) is 2. The summed E-state index contributed by atoms with van der Waals surface area (Å²) in [5, 5.41) is 3.62. The predicted molar refractivity (Wildman–Crippen MR) is 64.2 cm³/mol. The van der Waals surface area contributed by atoms with Gasteiger partial charge in [0.15, 0.2) is 5.96 Å². The maximum atomic E-state index is 4.40. The quantitative estimate of drug-likeness (QED) is 0.528. The minimum absolute atomic E-state index is 0.679. The number of nitrogens with one attached hydrogen (secondary N) is 1. The molecule has 3 heteroatoms. The van der Waals surface area contributed by atoms with Gasteiger partial charge in [-0.3, -0.25) is 4.99 Å². The van der Waals surface area contributed by atoms with Gasteiger partial charge in [0.1, 0.15) is 0 Å². The number of hydrogen-bond acceptors (Lipinski definition) is 1. The Kier molecular flexibility index (Phi) is 3.87. The van der Waals surface area contributed by atoms with Gasteiger partial charge in [0.05, 0.1) is 0 Å². The molecule has 86 valence electrons. The first-order chi connectivity index (χ1) is 7.40. The van der Waals surface area contributed by atoms with E-state index in [1.807, 2.05) is 7.05 Å². The Hall–Kier alpha value is -0.730. The average Bonchev–Trinajstić information content (AvgIpc) is 2.81. The van der Waals surface area contributed by atoms with Crippen LogP contribution in [0, 0.1) is 0 Å². The molecule has 1 heterocycles. The van der Waals surface area contributed by atoms with E-state index >= 15 is 0 Å². The standard InChI is InChI=1S/C12H23N3/c1-13-12(15-9-5-6-10-15)14-11-7-3-2-4-8-11/h11H,2-10H2,1H3,(H,13,14). The van der Waals surface area contributed by atoms with Crippen molar-refractivity contribution in [2.75, 3.05) is 20.1 Å². The van der Waals surface area contributed by atoms with Gasteiger partial charge in [0.2, 0.25) is 0 Å². The van der Waals surface area contributed by atoms with Crippen molar-refractivity contribution in [3.63, 3.8) is 0 Å². The molecule has 1 aliphatic heterocycles. The fourth-order valence-corrected chi connectivity index (χ4v) is 2.66. The normalized spacial score (nSPS) is 24.6. The van der Waals surface area contributed by atoms with Crippen LogP contribution in [0.25, 0.3) is 0 Å². The van der Waals surface area contributed by atoms with Crippen LogP contribution in [-0.2, 0) is 0 Å². The molecule has 1 N–H and O–H groups in total. The lowest BCUT2D eigenvalue weighted by Crippen LogP contribution is -2.45. The van der Waals surface area contributed by atoms with Crippen molar-refractivity contribution in [1.82, 2.24) is 10.2 Å². The van der Waals surface area contributed by atoms with E-state index in [2.05, 4.69) is 15.2 Å². The van der Waals surface area contributed by atoms with Crippen molar-refractivity contribution in [2.45, 2.75) is 51.0 Å². The largest absolute Gasteiger partial charge is 0.354 e. The van der Waals surface area contributed by atoms with Gasteiger partial charge in [-0.15, -0.1) is 0 Å². The van der Waals surface area contributed by atoms with Gasteiger partial charge in [0, 0.05) is 26.2 Å². The molecule has 1 aliphatic carbocycles. The molecule has 2 rings (SSSR count). The Morgan fingerprint density at radius 3 is 2.33 bits per heavy atom. The highest BCUT2D eigenvalue weighted by Gasteiger charge is 2.20. The Morgan fingerprint density at radius 1 is 1.07 bits per heavy atom. The maximum Gasteiger partial charge on any atom is 0.193 e. The van der Waals surface area contributed by atoms with Gasteiger partial charge < -0.3 is 10.2 Å². The smallest absolute Gasteiger partial charge is 0.193 e. The highest BCUT2D eigenvalue weighted by atomic mass is 15.3. The summed E-state index contributed by atoms with van der Waals surface area (Å²) in [6, 6.07) is 0.679. The van der Waals surface area contributed by atoms with Gasteiger partial charge in [-0.25, -0.2) is 0 Å². The summed E-state index contributed by atoms with van der Waals surface area (Å²) in [5.74, 6) is 1.14. The number of hydrogen-bond donors (Lipinski definition) is 1. The van der Waals surface area contributed by atoms with Gasteiger partial charge >= 0.3 is 0 Å².